The molecule has 56 heavy (non-hydrogen) atoms. The molecule has 1 aromatic heterocycles. The van der Waals surface area contributed by atoms with Crippen molar-refractivity contribution in [1.29, 1.82) is 0 Å². The van der Waals surface area contributed by atoms with Crippen LogP contribution in [0.4, 0.5) is 0 Å². The van der Waals surface area contributed by atoms with Crippen molar-refractivity contribution in [3.63, 3.8) is 0 Å². The molecule has 0 aliphatic heterocycles. The summed E-state index contributed by atoms with van der Waals surface area (Å²) in [5.41, 5.74) is 12.2. The van der Waals surface area contributed by atoms with E-state index >= 15 is 0 Å². The van der Waals surface area contributed by atoms with Gasteiger partial charge >= 0.3 is 0 Å². The van der Waals surface area contributed by atoms with E-state index in [9.17, 15) is 0 Å². The van der Waals surface area contributed by atoms with Crippen molar-refractivity contribution in [3.8, 4) is 78.7 Å². The first-order valence-electron chi connectivity index (χ1n) is 18.9. The maximum absolute atomic E-state index is 5.18. The lowest BCUT2D eigenvalue weighted by Crippen LogP contribution is -2.00. The highest BCUT2D eigenvalue weighted by atomic mass is 15.0. The SMILES string of the molecule is c1ccc(-c2cccc(-c3cc(-c4nc(-c5ccccc5)nc(-c5ccc(-c6ccc(-c7ccccc7)c7ccccc67)cc5)n4)cc4ccccc34)c2)cc1. The van der Waals surface area contributed by atoms with Crippen LogP contribution in [0.2, 0.25) is 0 Å². The van der Waals surface area contributed by atoms with Crippen LogP contribution in [0, 0.1) is 0 Å². The number of aromatic nitrogens is 3. The van der Waals surface area contributed by atoms with Gasteiger partial charge in [-0.15, -0.1) is 0 Å². The number of nitrogens with zero attached hydrogens (tertiary/aromatic N) is 3. The molecule has 0 bridgehead atoms. The van der Waals surface area contributed by atoms with Gasteiger partial charge in [-0.25, -0.2) is 15.0 Å². The van der Waals surface area contributed by atoms with Crippen LogP contribution in [0.25, 0.3) is 100 Å². The molecule has 0 unspecified atom stereocenters. The summed E-state index contributed by atoms with van der Waals surface area (Å²) < 4.78 is 0. The van der Waals surface area contributed by atoms with Gasteiger partial charge in [0.05, 0.1) is 0 Å². The molecule has 10 rings (SSSR count). The molecule has 0 fully saturated rings. The Balaban J connectivity index is 1.09. The smallest absolute Gasteiger partial charge is 0.164 e. The highest BCUT2D eigenvalue weighted by Gasteiger charge is 2.16. The molecule has 0 N–H and O–H groups in total. The standard InChI is InChI=1S/C53H35N3/c1-4-15-36(16-5-1)41-22-14-23-43(33-41)50-35-44(34-42-21-10-11-24-45(42)50)53-55-51(39-19-8-3-9-20-39)54-52(56-53)40-29-27-38(28-30-40)47-32-31-46(37-17-6-2-7-18-37)48-25-12-13-26-49(47)48/h1-35H. The quantitative estimate of drug-likeness (QED) is 0.165. The van der Waals surface area contributed by atoms with Gasteiger partial charge in [-0.3, -0.25) is 0 Å². The highest BCUT2D eigenvalue weighted by molar-refractivity contribution is 6.05. The summed E-state index contributed by atoms with van der Waals surface area (Å²) in [5, 5.41) is 4.76. The third-order valence-electron chi connectivity index (χ3n) is 10.5. The Morgan fingerprint density at radius 2 is 0.643 bits per heavy atom. The van der Waals surface area contributed by atoms with Gasteiger partial charge in [0.1, 0.15) is 0 Å². The van der Waals surface area contributed by atoms with E-state index < -0.39 is 0 Å². The fourth-order valence-electron chi connectivity index (χ4n) is 7.74. The second-order valence-electron chi connectivity index (χ2n) is 14.0. The van der Waals surface area contributed by atoms with Crippen LogP contribution in [0.15, 0.2) is 212 Å². The summed E-state index contributed by atoms with van der Waals surface area (Å²) in [6.07, 6.45) is 0. The van der Waals surface area contributed by atoms with Gasteiger partial charge in [-0.05, 0) is 84.3 Å². The van der Waals surface area contributed by atoms with Crippen molar-refractivity contribution in [2.45, 2.75) is 0 Å². The molecule has 1 heterocycles. The van der Waals surface area contributed by atoms with Gasteiger partial charge in [-0.2, -0.15) is 0 Å². The third kappa shape index (κ3) is 6.31. The van der Waals surface area contributed by atoms with Crippen molar-refractivity contribution in [3.05, 3.63) is 212 Å². The fraction of sp³-hybridized carbons (Fsp3) is 0. The molecule has 0 radical (unpaired) electrons. The van der Waals surface area contributed by atoms with Crippen molar-refractivity contribution in [1.82, 2.24) is 15.0 Å². The lowest BCUT2D eigenvalue weighted by molar-refractivity contribution is 1.07. The summed E-state index contributed by atoms with van der Waals surface area (Å²) in [7, 11) is 0. The van der Waals surface area contributed by atoms with Crippen molar-refractivity contribution in [2.24, 2.45) is 0 Å². The molecule has 0 saturated heterocycles. The van der Waals surface area contributed by atoms with Gasteiger partial charge < -0.3 is 0 Å². The number of benzene rings is 9. The largest absolute Gasteiger partial charge is 0.208 e. The second kappa shape index (κ2) is 14.4. The Bertz CT molecular complexity index is 2990. The minimum Gasteiger partial charge on any atom is -0.208 e. The maximum Gasteiger partial charge on any atom is 0.164 e. The Hall–Kier alpha value is -7.49. The molecule has 0 saturated carbocycles. The fourth-order valence-corrected chi connectivity index (χ4v) is 7.74. The average Bonchev–Trinajstić information content (AvgIpc) is 3.29. The molecule has 262 valence electrons. The van der Waals surface area contributed by atoms with Gasteiger partial charge in [0, 0.05) is 16.7 Å². The van der Waals surface area contributed by atoms with Gasteiger partial charge in [-0.1, -0.05) is 194 Å². The molecule has 0 spiro atoms. The van der Waals surface area contributed by atoms with E-state index in [0.29, 0.717) is 17.5 Å². The Morgan fingerprint density at radius 3 is 1.27 bits per heavy atom. The minimum absolute atomic E-state index is 0.630. The summed E-state index contributed by atoms with van der Waals surface area (Å²) >= 11 is 0. The van der Waals surface area contributed by atoms with E-state index in [-0.39, 0.29) is 0 Å². The van der Waals surface area contributed by atoms with Crippen LogP contribution < -0.4 is 0 Å². The van der Waals surface area contributed by atoms with Crippen LogP contribution in [-0.4, -0.2) is 15.0 Å². The molecule has 3 heteroatoms. The predicted octanol–water partition coefficient (Wildman–Crippen LogP) is 13.8. The molecule has 10 aromatic rings. The average molecular weight is 714 g/mol. The van der Waals surface area contributed by atoms with E-state index in [2.05, 4.69) is 194 Å². The van der Waals surface area contributed by atoms with Gasteiger partial charge in [0.2, 0.25) is 0 Å². The topological polar surface area (TPSA) is 38.7 Å². The summed E-state index contributed by atoms with van der Waals surface area (Å²) in [5.74, 6) is 1.90. The van der Waals surface area contributed by atoms with Crippen LogP contribution in [0.1, 0.15) is 0 Å². The lowest BCUT2D eigenvalue weighted by atomic mass is 9.92. The van der Waals surface area contributed by atoms with Gasteiger partial charge in [0.25, 0.3) is 0 Å². The van der Waals surface area contributed by atoms with Crippen molar-refractivity contribution < 1.29 is 0 Å². The molecule has 0 amide bonds. The van der Waals surface area contributed by atoms with E-state index in [1.54, 1.807) is 0 Å². The lowest BCUT2D eigenvalue weighted by Gasteiger charge is -2.14. The zero-order chi connectivity index (χ0) is 37.3. The van der Waals surface area contributed by atoms with Crippen LogP contribution in [0.3, 0.4) is 0 Å². The number of rotatable bonds is 7. The zero-order valence-electron chi connectivity index (χ0n) is 30.5. The second-order valence-corrected chi connectivity index (χ2v) is 14.0. The maximum atomic E-state index is 5.18. The number of hydrogen-bond acceptors (Lipinski definition) is 3. The molecule has 9 aromatic carbocycles. The normalized spacial score (nSPS) is 11.2. The number of hydrogen-bond donors (Lipinski definition) is 0. The molecule has 0 atom stereocenters. The Morgan fingerprint density at radius 1 is 0.214 bits per heavy atom. The molecule has 0 aliphatic carbocycles. The number of fused-ring (bicyclic) bond motifs is 2. The molecule has 3 nitrogen and oxygen atoms in total. The molecular formula is C53H35N3. The van der Waals surface area contributed by atoms with Crippen molar-refractivity contribution >= 4 is 21.5 Å². The summed E-state index contributed by atoms with van der Waals surface area (Å²) in [6.45, 7) is 0. The molecule has 0 aliphatic rings. The first kappa shape index (κ1) is 33.1. The first-order chi connectivity index (χ1) is 27.7. The van der Waals surface area contributed by atoms with E-state index in [0.717, 1.165) is 38.8 Å². The first-order valence-corrected chi connectivity index (χ1v) is 18.9. The zero-order valence-corrected chi connectivity index (χ0v) is 30.5. The predicted molar refractivity (Wildman–Crippen MR) is 233 cm³/mol. The van der Waals surface area contributed by atoms with E-state index in [4.69, 9.17) is 15.0 Å². The van der Waals surface area contributed by atoms with Crippen LogP contribution in [0.5, 0.6) is 0 Å². The summed E-state index contributed by atoms with van der Waals surface area (Å²) in [4.78, 5) is 15.4. The van der Waals surface area contributed by atoms with Gasteiger partial charge in [0.15, 0.2) is 17.5 Å². The Kier molecular flexibility index (Phi) is 8.51. The summed E-state index contributed by atoms with van der Waals surface area (Å²) in [6, 6.07) is 74.8. The highest BCUT2D eigenvalue weighted by Crippen LogP contribution is 2.38. The van der Waals surface area contributed by atoms with E-state index in [1.165, 1.54) is 44.0 Å². The monoisotopic (exact) mass is 713 g/mol. The van der Waals surface area contributed by atoms with Crippen molar-refractivity contribution in [2.75, 3.05) is 0 Å². The molecular weight excluding hydrogens is 679 g/mol. The third-order valence-corrected chi connectivity index (χ3v) is 10.5. The van der Waals surface area contributed by atoms with Crippen LogP contribution in [-0.2, 0) is 0 Å². The minimum atomic E-state index is 0.630. The Labute approximate surface area is 326 Å². The van der Waals surface area contributed by atoms with E-state index in [1.807, 2.05) is 18.2 Å². The van der Waals surface area contributed by atoms with Crippen LogP contribution >= 0.6 is 0 Å².